The van der Waals surface area contributed by atoms with E-state index in [1.807, 2.05) is 66.9 Å². The predicted octanol–water partition coefficient (Wildman–Crippen LogP) is 4.54. The summed E-state index contributed by atoms with van der Waals surface area (Å²) in [4.78, 5) is 21.5. The monoisotopic (exact) mass is 394 g/mol. The molecule has 4 aromatic rings. The maximum atomic E-state index is 12.4. The molecule has 1 amide bonds. The number of carbonyl (C=O) groups excluding carboxylic acids is 1. The molecule has 0 radical (unpaired) electrons. The van der Waals surface area contributed by atoms with Crippen LogP contribution < -0.4 is 10.6 Å². The first-order chi connectivity index (χ1) is 13.2. The number of amides is 1. The fourth-order valence-electron chi connectivity index (χ4n) is 2.62. The van der Waals surface area contributed by atoms with Gasteiger partial charge in [-0.25, -0.2) is 9.97 Å². The van der Waals surface area contributed by atoms with E-state index in [1.165, 1.54) is 0 Å². The van der Waals surface area contributed by atoms with Crippen molar-refractivity contribution in [3.63, 3.8) is 0 Å². The summed E-state index contributed by atoms with van der Waals surface area (Å²) >= 11 is 3.13. The number of nitrogens with zero attached hydrogens (tertiary/aromatic N) is 2. The number of anilines is 1. The molecule has 2 aromatic heterocycles. The van der Waals surface area contributed by atoms with Crippen LogP contribution in [0.5, 0.6) is 0 Å². The predicted molar refractivity (Wildman–Crippen MR) is 112 cm³/mol. The number of hydrogen-bond acceptors (Lipinski definition) is 6. The van der Waals surface area contributed by atoms with E-state index in [-0.39, 0.29) is 11.9 Å². The molecular formula is C20H18N4OS2. The van der Waals surface area contributed by atoms with Gasteiger partial charge in [0.15, 0.2) is 5.13 Å². The highest BCUT2D eigenvalue weighted by atomic mass is 32.1. The van der Waals surface area contributed by atoms with Gasteiger partial charge in [-0.3, -0.25) is 4.79 Å². The lowest BCUT2D eigenvalue weighted by molar-refractivity contribution is -0.121. The van der Waals surface area contributed by atoms with Gasteiger partial charge in [0.05, 0.1) is 22.5 Å². The van der Waals surface area contributed by atoms with Crippen LogP contribution in [-0.4, -0.2) is 21.9 Å². The molecule has 1 atom stereocenters. The second-order valence-electron chi connectivity index (χ2n) is 6.08. The minimum Gasteiger partial charge on any atom is -0.350 e. The summed E-state index contributed by atoms with van der Waals surface area (Å²) in [6.07, 6.45) is 0. The van der Waals surface area contributed by atoms with Crippen molar-refractivity contribution >= 4 is 43.9 Å². The van der Waals surface area contributed by atoms with E-state index in [0.29, 0.717) is 6.54 Å². The number of carbonyl (C=O) groups is 1. The van der Waals surface area contributed by atoms with Crippen molar-refractivity contribution in [3.05, 3.63) is 65.7 Å². The van der Waals surface area contributed by atoms with Crippen molar-refractivity contribution in [2.24, 2.45) is 0 Å². The first kappa shape index (κ1) is 17.6. The van der Waals surface area contributed by atoms with Crippen molar-refractivity contribution in [2.45, 2.75) is 19.5 Å². The highest BCUT2D eigenvalue weighted by Crippen LogP contribution is 2.26. The normalized spacial score (nSPS) is 12.0. The Morgan fingerprint density at radius 1 is 1.07 bits per heavy atom. The quantitative estimate of drug-likeness (QED) is 0.504. The molecule has 0 aliphatic carbocycles. The van der Waals surface area contributed by atoms with Crippen molar-refractivity contribution in [1.82, 2.24) is 15.3 Å². The number of aromatic nitrogens is 2. The Morgan fingerprint density at radius 2 is 1.85 bits per heavy atom. The lowest BCUT2D eigenvalue weighted by Crippen LogP contribution is -2.37. The SMILES string of the molecule is C[C@H](Nc1nc2ccccc2s1)C(=O)NCc1csc(-c2ccccc2)n1. The van der Waals surface area contributed by atoms with Gasteiger partial charge in [-0.2, -0.15) is 0 Å². The standard InChI is InChI=1S/C20H18N4OS2/c1-13(22-20-24-16-9-5-6-10-17(16)27-20)18(25)21-11-15-12-26-19(23-15)14-7-3-2-4-8-14/h2-10,12-13H,11H2,1H3,(H,21,25)(H,22,24)/t13-/m0/s1. The molecule has 27 heavy (non-hydrogen) atoms. The van der Waals surface area contributed by atoms with Gasteiger partial charge in [0.25, 0.3) is 0 Å². The first-order valence-corrected chi connectivity index (χ1v) is 10.3. The zero-order chi connectivity index (χ0) is 18.6. The fraction of sp³-hybridized carbons (Fsp3) is 0.150. The lowest BCUT2D eigenvalue weighted by Gasteiger charge is -2.12. The van der Waals surface area contributed by atoms with Crippen LogP contribution in [0.25, 0.3) is 20.8 Å². The molecule has 0 unspecified atom stereocenters. The Kier molecular flexibility index (Phi) is 5.13. The molecule has 0 saturated heterocycles. The van der Waals surface area contributed by atoms with Gasteiger partial charge >= 0.3 is 0 Å². The minimum absolute atomic E-state index is 0.0801. The summed E-state index contributed by atoms with van der Waals surface area (Å²) in [6, 6.07) is 17.6. The number of para-hydroxylation sites is 1. The molecule has 0 fully saturated rings. The Morgan fingerprint density at radius 3 is 2.67 bits per heavy atom. The molecule has 0 aliphatic heterocycles. The smallest absolute Gasteiger partial charge is 0.242 e. The summed E-state index contributed by atoms with van der Waals surface area (Å²) in [5, 5.41) is 9.80. The molecule has 2 aromatic carbocycles. The Labute approximate surface area is 165 Å². The Bertz CT molecular complexity index is 1020. The number of nitrogens with one attached hydrogen (secondary N) is 2. The van der Waals surface area contributed by atoms with Crippen molar-refractivity contribution in [1.29, 1.82) is 0 Å². The number of rotatable bonds is 6. The molecule has 0 bridgehead atoms. The highest BCUT2D eigenvalue weighted by molar-refractivity contribution is 7.22. The van der Waals surface area contributed by atoms with Gasteiger partial charge < -0.3 is 10.6 Å². The van der Waals surface area contributed by atoms with E-state index < -0.39 is 0 Å². The maximum absolute atomic E-state index is 12.4. The van der Waals surface area contributed by atoms with Crippen LogP contribution in [0, 0.1) is 0 Å². The van der Waals surface area contributed by atoms with E-state index >= 15 is 0 Å². The summed E-state index contributed by atoms with van der Waals surface area (Å²) in [7, 11) is 0. The molecule has 5 nitrogen and oxygen atoms in total. The van der Waals surface area contributed by atoms with Crippen LogP contribution >= 0.6 is 22.7 Å². The minimum atomic E-state index is -0.377. The van der Waals surface area contributed by atoms with Crippen LogP contribution in [0.3, 0.4) is 0 Å². The third-order valence-corrected chi connectivity index (χ3v) is 5.95. The van der Waals surface area contributed by atoms with Crippen molar-refractivity contribution in [3.8, 4) is 10.6 Å². The number of benzene rings is 2. The summed E-state index contributed by atoms with van der Waals surface area (Å²) < 4.78 is 1.10. The van der Waals surface area contributed by atoms with Crippen LogP contribution in [0.4, 0.5) is 5.13 Å². The van der Waals surface area contributed by atoms with E-state index in [1.54, 1.807) is 22.7 Å². The molecule has 4 rings (SSSR count). The topological polar surface area (TPSA) is 66.9 Å². The Hall–Kier alpha value is -2.77. The second-order valence-corrected chi connectivity index (χ2v) is 7.97. The molecule has 0 saturated carbocycles. The summed E-state index contributed by atoms with van der Waals surface area (Å²) in [6.45, 7) is 2.24. The zero-order valence-electron chi connectivity index (χ0n) is 14.7. The van der Waals surface area contributed by atoms with E-state index in [9.17, 15) is 4.79 Å². The fourth-order valence-corrected chi connectivity index (χ4v) is 4.40. The van der Waals surface area contributed by atoms with E-state index in [0.717, 1.165) is 31.6 Å². The van der Waals surface area contributed by atoms with Crippen LogP contribution in [0.2, 0.25) is 0 Å². The lowest BCUT2D eigenvalue weighted by atomic mass is 10.2. The van der Waals surface area contributed by atoms with Gasteiger partial charge in [0.1, 0.15) is 11.0 Å². The third kappa shape index (κ3) is 4.15. The second kappa shape index (κ2) is 7.85. The van der Waals surface area contributed by atoms with Gasteiger partial charge in [-0.1, -0.05) is 53.8 Å². The first-order valence-electron chi connectivity index (χ1n) is 8.59. The average Bonchev–Trinajstić information content (AvgIpc) is 3.33. The third-order valence-electron chi connectivity index (χ3n) is 4.04. The Balaban J connectivity index is 1.34. The van der Waals surface area contributed by atoms with Gasteiger partial charge in [0, 0.05) is 10.9 Å². The average molecular weight is 395 g/mol. The molecule has 7 heteroatoms. The van der Waals surface area contributed by atoms with Crippen LogP contribution in [-0.2, 0) is 11.3 Å². The molecule has 136 valence electrons. The van der Waals surface area contributed by atoms with Gasteiger partial charge in [0.2, 0.25) is 5.91 Å². The maximum Gasteiger partial charge on any atom is 0.242 e. The largest absolute Gasteiger partial charge is 0.350 e. The highest BCUT2D eigenvalue weighted by Gasteiger charge is 2.15. The van der Waals surface area contributed by atoms with Crippen LogP contribution in [0.15, 0.2) is 60.0 Å². The molecule has 0 spiro atoms. The number of fused-ring (bicyclic) bond motifs is 1. The number of thiazole rings is 2. The van der Waals surface area contributed by atoms with Gasteiger partial charge in [-0.05, 0) is 19.1 Å². The summed E-state index contributed by atoms with van der Waals surface area (Å²) in [5.41, 5.74) is 2.89. The van der Waals surface area contributed by atoms with Crippen LogP contribution in [0.1, 0.15) is 12.6 Å². The number of hydrogen-bond donors (Lipinski definition) is 2. The molecule has 2 heterocycles. The van der Waals surface area contributed by atoms with Gasteiger partial charge in [-0.15, -0.1) is 11.3 Å². The zero-order valence-corrected chi connectivity index (χ0v) is 16.3. The molecule has 2 N–H and O–H groups in total. The molecular weight excluding hydrogens is 376 g/mol. The summed E-state index contributed by atoms with van der Waals surface area (Å²) in [5.74, 6) is -0.0801. The van der Waals surface area contributed by atoms with E-state index in [4.69, 9.17) is 0 Å². The molecule has 0 aliphatic rings. The van der Waals surface area contributed by atoms with Crippen molar-refractivity contribution < 1.29 is 4.79 Å². The van der Waals surface area contributed by atoms with Crippen molar-refractivity contribution in [2.75, 3.05) is 5.32 Å². The van der Waals surface area contributed by atoms with E-state index in [2.05, 4.69) is 20.6 Å².